The van der Waals surface area contributed by atoms with Crippen LogP contribution in [0.4, 0.5) is 0 Å². The predicted octanol–water partition coefficient (Wildman–Crippen LogP) is 3.60. The summed E-state index contributed by atoms with van der Waals surface area (Å²) in [5, 5.41) is 2.92. The Morgan fingerprint density at radius 2 is 2.18 bits per heavy atom. The monoisotopic (exact) mass is 362 g/mol. The average molecular weight is 363 g/mol. The highest BCUT2D eigenvalue weighted by Crippen LogP contribution is 2.24. The van der Waals surface area contributed by atoms with Crippen molar-refractivity contribution in [2.75, 3.05) is 6.54 Å². The van der Waals surface area contributed by atoms with Crippen molar-refractivity contribution in [3.63, 3.8) is 0 Å². The lowest BCUT2D eigenvalue weighted by atomic mass is 10.1. The van der Waals surface area contributed by atoms with E-state index in [0.717, 1.165) is 16.5 Å². The van der Waals surface area contributed by atoms with Crippen LogP contribution in [0.25, 0.3) is 0 Å². The molecule has 4 nitrogen and oxygen atoms in total. The molecule has 0 saturated carbocycles. The smallest absolute Gasteiger partial charge is 0.255 e. The van der Waals surface area contributed by atoms with Crippen molar-refractivity contribution >= 4 is 21.8 Å². The molecule has 1 heterocycles. The molecule has 0 radical (unpaired) electrons. The number of halogens is 1. The molecular weight excluding hydrogens is 344 g/mol. The standard InChI is InChI=1S/C17H19BrN2O2/c1-12(2)22-16-10-14(18)5-6-15(16)17(21)20-9-7-13-4-3-8-19-11-13/h3-6,8,10-12H,7,9H2,1-2H3,(H,20,21). The van der Waals surface area contributed by atoms with E-state index < -0.39 is 0 Å². The van der Waals surface area contributed by atoms with Crippen LogP contribution in [-0.4, -0.2) is 23.5 Å². The van der Waals surface area contributed by atoms with Gasteiger partial charge < -0.3 is 10.1 Å². The summed E-state index contributed by atoms with van der Waals surface area (Å²) in [7, 11) is 0. The Labute approximate surface area is 139 Å². The highest BCUT2D eigenvalue weighted by molar-refractivity contribution is 9.10. The number of hydrogen-bond donors (Lipinski definition) is 1. The Hall–Kier alpha value is -1.88. The molecule has 2 rings (SSSR count). The zero-order valence-corrected chi connectivity index (χ0v) is 14.3. The van der Waals surface area contributed by atoms with Gasteiger partial charge in [0.05, 0.1) is 11.7 Å². The molecule has 0 fully saturated rings. The van der Waals surface area contributed by atoms with Gasteiger partial charge in [-0.1, -0.05) is 22.0 Å². The van der Waals surface area contributed by atoms with Gasteiger partial charge in [-0.2, -0.15) is 0 Å². The Kier molecular flexibility index (Phi) is 5.95. The lowest BCUT2D eigenvalue weighted by Crippen LogP contribution is -2.26. The van der Waals surface area contributed by atoms with Crippen molar-refractivity contribution < 1.29 is 9.53 Å². The topological polar surface area (TPSA) is 51.2 Å². The number of aromatic nitrogens is 1. The molecule has 0 aliphatic rings. The van der Waals surface area contributed by atoms with Crippen LogP contribution in [0.15, 0.2) is 47.2 Å². The van der Waals surface area contributed by atoms with E-state index in [9.17, 15) is 4.79 Å². The first kappa shape index (κ1) is 16.5. The fourth-order valence-electron chi connectivity index (χ4n) is 2.00. The molecule has 2 aromatic rings. The van der Waals surface area contributed by atoms with Crippen LogP contribution < -0.4 is 10.1 Å². The fraction of sp³-hybridized carbons (Fsp3) is 0.294. The summed E-state index contributed by atoms with van der Waals surface area (Å²) in [4.78, 5) is 16.4. The molecule has 0 unspecified atom stereocenters. The molecule has 0 aliphatic heterocycles. The van der Waals surface area contributed by atoms with Crippen LogP contribution in [0.1, 0.15) is 29.8 Å². The first-order chi connectivity index (χ1) is 10.6. The zero-order valence-electron chi connectivity index (χ0n) is 12.7. The summed E-state index contributed by atoms with van der Waals surface area (Å²) in [6, 6.07) is 9.30. The number of amides is 1. The Bertz CT molecular complexity index is 630. The SMILES string of the molecule is CC(C)Oc1cc(Br)ccc1C(=O)NCCc1cccnc1. The molecule has 0 saturated heterocycles. The van der Waals surface area contributed by atoms with Gasteiger partial charge in [-0.15, -0.1) is 0 Å². The molecule has 1 aromatic carbocycles. The van der Waals surface area contributed by atoms with Crippen molar-refractivity contribution in [1.29, 1.82) is 0 Å². The first-order valence-electron chi connectivity index (χ1n) is 7.19. The molecular formula is C17H19BrN2O2. The van der Waals surface area contributed by atoms with Gasteiger partial charge in [0.2, 0.25) is 0 Å². The number of nitrogens with one attached hydrogen (secondary N) is 1. The second kappa shape index (κ2) is 7.94. The number of carbonyl (C=O) groups excluding carboxylic acids is 1. The molecule has 0 atom stereocenters. The number of nitrogens with zero attached hydrogens (tertiary/aromatic N) is 1. The van der Waals surface area contributed by atoms with E-state index in [1.807, 2.05) is 38.1 Å². The third kappa shape index (κ3) is 4.84. The molecule has 116 valence electrons. The van der Waals surface area contributed by atoms with Crippen LogP contribution in [0.5, 0.6) is 5.75 Å². The van der Waals surface area contributed by atoms with Gasteiger partial charge in [-0.05, 0) is 50.1 Å². The normalized spacial score (nSPS) is 10.5. The summed E-state index contributed by atoms with van der Waals surface area (Å²) in [6.07, 6.45) is 4.30. The van der Waals surface area contributed by atoms with E-state index in [1.54, 1.807) is 18.5 Å². The van der Waals surface area contributed by atoms with Gasteiger partial charge in [0.25, 0.3) is 5.91 Å². The van der Waals surface area contributed by atoms with Gasteiger partial charge in [-0.3, -0.25) is 9.78 Å². The quantitative estimate of drug-likeness (QED) is 0.853. The summed E-state index contributed by atoms with van der Waals surface area (Å²) in [5.41, 5.74) is 1.64. The third-order valence-electron chi connectivity index (χ3n) is 2.97. The van der Waals surface area contributed by atoms with Crippen LogP contribution in [0.2, 0.25) is 0 Å². The Balaban J connectivity index is 2.00. The average Bonchev–Trinajstić information content (AvgIpc) is 2.47. The minimum absolute atomic E-state index is 0.0104. The highest BCUT2D eigenvalue weighted by Gasteiger charge is 2.13. The number of benzene rings is 1. The van der Waals surface area contributed by atoms with Gasteiger partial charge in [0, 0.05) is 23.4 Å². The molecule has 0 bridgehead atoms. The predicted molar refractivity (Wildman–Crippen MR) is 90.2 cm³/mol. The maximum absolute atomic E-state index is 12.3. The Morgan fingerprint density at radius 1 is 1.36 bits per heavy atom. The van der Waals surface area contributed by atoms with E-state index in [4.69, 9.17) is 4.74 Å². The van der Waals surface area contributed by atoms with Gasteiger partial charge in [0.15, 0.2) is 0 Å². The first-order valence-corrected chi connectivity index (χ1v) is 7.99. The van der Waals surface area contributed by atoms with E-state index in [-0.39, 0.29) is 12.0 Å². The van der Waals surface area contributed by atoms with Crippen molar-refractivity contribution in [3.8, 4) is 5.75 Å². The molecule has 0 spiro atoms. The van der Waals surface area contributed by atoms with Crippen LogP contribution in [-0.2, 0) is 6.42 Å². The third-order valence-corrected chi connectivity index (χ3v) is 3.47. The van der Waals surface area contributed by atoms with Crippen molar-refractivity contribution in [3.05, 3.63) is 58.3 Å². The number of pyridine rings is 1. The van der Waals surface area contributed by atoms with Gasteiger partial charge in [-0.25, -0.2) is 0 Å². The molecule has 1 aromatic heterocycles. The number of rotatable bonds is 6. The lowest BCUT2D eigenvalue weighted by Gasteiger charge is -2.14. The minimum Gasteiger partial charge on any atom is -0.490 e. The van der Waals surface area contributed by atoms with Gasteiger partial charge in [0.1, 0.15) is 5.75 Å². The van der Waals surface area contributed by atoms with E-state index in [0.29, 0.717) is 17.9 Å². The lowest BCUT2D eigenvalue weighted by molar-refractivity contribution is 0.0948. The summed E-state index contributed by atoms with van der Waals surface area (Å²) < 4.78 is 6.60. The van der Waals surface area contributed by atoms with E-state index in [1.165, 1.54) is 0 Å². The van der Waals surface area contributed by atoms with E-state index in [2.05, 4.69) is 26.2 Å². The van der Waals surface area contributed by atoms with Crippen molar-refractivity contribution in [1.82, 2.24) is 10.3 Å². The van der Waals surface area contributed by atoms with Crippen LogP contribution >= 0.6 is 15.9 Å². The second-order valence-electron chi connectivity index (χ2n) is 5.17. The second-order valence-corrected chi connectivity index (χ2v) is 6.09. The zero-order chi connectivity index (χ0) is 15.9. The fourth-order valence-corrected chi connectivity index (χ4v) is 2.34. The summed E-state index contributed by atoms with van der Waals surface area (Å²) in [6.45, 7) is 4.43. The van der Waals surface area contributed by atoms with Crippen molar-refractivity contribution in [2.45, 2.75) is 26.4 Å². The molecule has 1 N–H and O–H groups in total. The molecule has 5 heteroatoms. The largest absolute Gasteiger partial charge is 0.490 e. The maximum Gasteiger partial charge on any atom is 0.255 e. The van der Waals surface area contributed by atoms with Gasteiger partial charge >= 0.3 is 0 Å². The molecule has 1 amide bonds. The van der Waals surface area contributed by atoms with Crippen LogP contribution in [0.3, 0.4) is 0 Å². The summed E-state index contributed by atoms with van der Waals surface area (Å²) >= 11 is 3.40. The highest BCUT2D eigenvalue weighted by atomic mass is 79.9. The minimum atomic E-state index is -0.132. The molecule has 0 aliphatic carbocycles. The molecule has 22 heavy (non-hydrogen) atoms. The number of carbonyl (C=O) groups is 1. The van der Waals surface area contributed by atoms with E-state index >= 15 is 0 Å². The number of ether oxygens (including phenoxy) is 1. The summed E-state index contributed by atoms with van der Waals surface area (Å²) in [5.74, 6) is 0.454. The van der Waals surface area contributed by atoms with Crippen LogP contribution in [0, 0.1) is 0 Å². The maximum atomic E-state index is 12.3. The van der Waals surface area contributed by atoms with Crippen molar-refractivity contribution in [2.24, 2.45) is 0 Å². The number of hydrogen-bond acceptors (Lipinski definition) is 3. The Morgan fingerprint density at radius 3 is 2.86 bits per heavy atom.